The van der Waals surface area contributed by atoms with Crippen molar-refractivity contribution >= 4 is 24.1 Å². The van der Waals surface area contributed by atoms with Crippen molar-refractivity contribution in [3.05, 3.63) is 70.9 Å². The van der Waals surface area contributed by atoms with E-state index in [1.54, 1.807) is 32.0 Å². The fourth-order valence-corrected chi connectivity index (χ4v) is 3.30. The van der Waals surface area contributed by atoms with Gasteiger partial charge < -0.3 is 24.8 Å². The van der Waals surface area contributed by atoms with Crippen LogP contribution in [0.1, 0.15) is 31.0 Å². The second kappa shape index (κ2) is 11.5. The number of hydrazone groups is 1. The molecule has 0 saturated heterocycles. The average molecular weight is 466 g/mol. The lowest BCUT2D eigenvalue weighted by molar-refractivity contribution is -0.139. The summed E-state index contributed by atoms with van der Waals surface area (Å²) in [6.45, 7) is 3.24. The molecular formula is C24H26N4O6. The number of benzene rings is 2. The van der Waals surface area contributed by atoms with E-state index in [4.69, 9.17) is 14.2 Å². The lowest BCUT2D eigenvalue weighted by Gasteiger charge is -2.28. The number of rotatable bonds is 9. The van der Waals surface area contributed by atoms with Crippen molar-refractivity contribution in [2.24, 2.45) is 5.10 Å². The quantitative estimate of drug-likeness (QED) is 0.296. The molecule has 3 rings (SSSR count). The van der Waals surface area contributed by atoms with Crippen molar-refractivity contribution in [1.29, 1.82) is 0 Å². The number of ether oxygens (including phenoxy) is 3. The first-order valence-electron chi connectivity index (χ1n) is 10.6. The first kappa shape index (κ1) is 24.3. The van der Waals surface area contributed by atoms with Crippen LogP contribution in [0.15, 0.2) is 64.9 Å². The second-order valence-corrected chi connectivity index (χ2v) is 7.19. The molecule has 1 aliphatic heterocycles. The average Bonchev–Trinajstić information content (AvgIpc) is 2.83. The van der Waals surface area contributed by atoms with Crippen molar-refractivity contribution in [1.82, 2.24) is 16.1 Å². The molecule has 0 spiro atoms. The minimum Gasteiger partial charge on any atom is -0.493 e. The van der Waals surface area contributed by atoms with Crippen LogP contribution in [0.25, 0.3) is 0 Å². The van der Waals surface area contributed by atoms with Gasteiger partial charge in [-0.05, 0) is 37.1 Å². The Bertz CT molecular complexity index is 1110. The van der Waals surface area contributed by atoms with Crippen molar-refractivity contribution in [3.63, 3.8) is 0 Å². The van der Waals surface area contributed by atoms with Gasteiger partial charge in [0.2, 0.25) is 0 Å². The molecule has 0 unspecified atom stereocenters. The largest absolute Gasteiger partial charge is 0.493 e. The molecule has 178 valence electrons. The summed E-state index contributed by atoms with van der Waals surface area (Å²) in [7, 11) is 1.45. The van der Waals surface area contributed by atoms with Crippen LogP contribution < -0.4 is 25.5 Å². The molecule has 0 fully saturated rings. The van der Waals surface area contributed by atoms with Crippen LogP contribution in [0, 0.1) is 0 Å². The molecule has 3 N–H and O–H groups in total. The first-order valence-corrected chi connectivity index (χ1v) is 10.6. The standard InChI is InChI=1S/C24H26N4O6/c1-4-33-23(30)21-15(2)26-24(31)27-22(21)17-10-11-18(19(12-17)32-3)34-14-20(29)28-25-13-16-8-6-5-7-9-16/h5-13,22H,4,14H2,1-3H3,(H,28,29)(H2,26,27,31)/b25-13-/t22-/m1/s1. The summed E-state index contributed by atoms with van der Waals surface area (Å²) < 4.78 is 16.1. The number of urea groups is 1. The number of carbonyl (C=O) groups excluding carboxylic acids is 3. The van der Waals surface area contributed by atoms with Crippen LogP contribution in [0.2, 0.25) is 0 Å². The maximum Gasteiger partial charge on any atom is 0.338 e. The van der Waals surface area contributed by atoms with Crippen LogP contribution in [0.5, 0.6) is 11.5 Å². The molecule has 1 heterocycles. The van der Waals surface area contributed by atoms with Gasteiger partial charge in [-0.3, -0.25) is 4.79 Å². The summed E-state index contributed by atoms with van der Waals surface area (Å²) in [4.78, 5) is 36.6. The second-order valence-electron chi connectivity index (χ2n) is 7.19. The number of methoxy groups -OCH3 is 1. The number of hydrogen-bond donors (Lipinski definition) is 3. The van der Waals surface area contributed by atoms with E-state index < -0.39 is 23.9 Å². The molecule has 10 heteroatoms. The van der Waals surface area contributed by atoms with Gasteiger partial charge in [0.1, 0.15) is 0 Å². The number of hydrogen-bond acceptors (Lipinski definition) is 7. The Morgan fingerprint density at radius 2 is 1.91 bits per heavy atom. The lowest BCUT2D eigenvalue weighted by Crippen LogP contribution is -2.45. The zero-order valence-electron chi connectivity index (χ0n) is 19.1. The molecule has 2 aromatic rings. The maximum absolute atomic E-state index is 12.5. The summed E-state index contributed by atoms with van der Waals surface area (Å²) in [5.41, 5.74) is 4.51. The van der Waals surface area contributed by atoms with E-state index >= 15 is 0 Å². The third-order valence-corrected chi connectivity index (χ3v) is 4.85. The molecule has 1 atom stereocenters. The van der Waals surface area contributed by atoms with E-state index in [1.807, 2.05) is 30.3 Å². The monoisotopic (exact) mass is 466 g/mol. The summed E-state index contributed by atoms with van der Waals surface area (Å²) in [6, 6.07) is 13.0. The van der Waals surface area contributed by atoms with Gasteiger partial charge in [0.05, 0.1) is 31.5 Å². The van der Waals surface area contributed by atoms with Gasteiger partial charge in [-0.15, -0.1) is 0 Å². The van der Waals surface area contributed by atoms with Crippen LogP contribution in [-0.4, -0.2) is 44.4 Å². The summed E-state index contributed by atoms with van der Waals surface area (Å²) in [5, 5.41) is 9.21. The smallest absolute Gasteiger partial charge is 0.338 e. The maximum atomic E-state index is 12.5. The number of allylic oxidation sites excluding steroid dienone is 1. The van der Waals surface area contributed by atoms with E-state index in [-0.39, 0.29) is 18.8 Å². The predicted molar refractivity (Wildman–Crippen MR) is 124 cm³/mol. The highest BCUT2D eigenvalue weighted by Crippen LogP contribution is 2.34. The van der Waals surface area contributed by atoms with E-state index in [1.165, 1.54) is 13.3 Å². The SMILES string of the molecule is CCOC(=O)C1=C(C)NC(=O)N[C@@H]1c1ccc(OCC(=O)N/N=C\c2ccccc2)c(OC)c1. The van der Waals surface area contributed by atoms with Crippen molar-refractivity contribution in [3.8, 4) is 11.5 Å². The number of esters is 1. The number of nitrogens with zero attached hydrogens (tertiary/aromatic N) is 1. The molecule has 34 heavy (non-hydrogen) atoms. The molecule has 1 aliphatic rings. The van der Waals surface area contributed by atoms with Crippen LogP contribution in [0.3, 0.4) is 0 Å². The third-order valence-electron chi connectivity index (χ3n) is 4.85. The van der Waals surface area contributed by atoms with E-state index in [2.05, 4.69) is 21.2 Å². The van der Waals surface area contributed by atoms with Gasteiger partial charge in [0, 0.05) is 5.70 Å². The van der Waals surface area contributed by atoms with Gasteiger partial charge in [-0.1, -0.05) is 36.4 Å². The Kier molecular flexibility index (Phi) is 8.22. The Hall–Kier alpha value is -4.34. The zero-order chi connectivity index (χ0) is 24.5. The van der Waals surface area contributed by atoms with Crippen LogP contribution in [-0.2, 0) is 14.3 Å². The van der Waals surface area contributed by atoms with Gasteiger partial charge in [-0.25, -0.2) is 15.0 Å². The van der Waals surface area contributed by atoms with Gasteiger partial charge >= 0.3 is 12.0 Å². The molecule has 0 saturated carbocycles. The van der Waals surface area contributed by atoms with Crippen molar-refractivity contribution in [2.75, 3.05) is 20.3 Å². The van der Waals surface area contributed by atoms with Gasteiger partial charge in [-0.2, -0.15) is 5.10 Å². The summed E-state index contributed by atoms with van der Waals surface area (Å²) in [5.74, 6) is -0.351. The van der Waals surface area contributed by atoms with Crippen molar-refractivity contribution in [2.45, 2.75) is 19.9 Å². The van der Waals surface area contributed by atoms with Crippen molar-refractivity contribution < 1.29 is 28.6 Å². The molecule has 10 nitrogen and oxygen atoms in total. The lowest BCUT2D eigenvalue weighted by atomic mass is 9.95. The topological polar surface area (TPSA) is 127 Å². The van der Waals surface area contributed by atoms with Gasteiger partial charge in [0.15, 0.2) is 18.1 Å². The Balaban J connectivity index is 1.70. The van der Waals surface area contributed by atoms with E-state index in [9.17, 15) is 14.4 Å². The first-order chi connectivity index (χ1) is 16.4. The molecule has 0 aromatic heterocycles. The number of amides is 3. The molecule has 0 aliphatic carbocycles. The zero-order valence-corrected chi connectivity index (χ0v) is 19.1. The van der Waals surface area contributed by atoms with Crippen LogP contribution >= 0.6 is 0 Å². The Morgan fingerprint density at radius 3 is 2.62 bits per heavy atom. The summed E-state index contributed by atoms with van der Waals surface area (Å²) in [6.07, 6.45) is 1.53. The van der Waals surface area contributed by atoms with E-state index in [0.717, 1.165) is 5.56 Å². The number of carbonyl (C=O) groups is 3. The third kappa shape index (κ3) is 6.12. The highest BCUT2D eigenvalue weighted by molar-refractivity contribution is 5.95. The minimum absolute atomic E-state index is 0.198. The molecule has 0 radical (unpaired) electrons. The van der Waals surface area contributed by atoms with Crippen LogP contribution in [0.4, 0.5) is 4.79 Å². The molecule has 0 bridgehead atoms. The highest BCUT2D eigenvalue weighted by atomic mass is 16.5. The molecular weight excluding hydrogens is 440 g/mol. The molecule has 2 aromatic carbocycles. The predicted octanol–water partition coefficient (Wildman–Crippen LogP) is 2.42. The number of nitrogens with one attached hydrogen (secondary N) is 3. The Labute approximate surface area is 197 Å². The summed E-state index contributed by atoms with van der Waals surface area (Å²) >= 11 is 0. The Morgan fingerprint density at radius 1 is 1.15 bits per heavy atom. The fourth-order valence-electron chi connectivity index (χ4n) is 3.30. The van der Waals surface area contributed by atoms with E-state index in [0.29, 0.717) is 22.8 Å². The fraction of sp³-hybridized carbons (Fsp3) is 0.250. The molecule has 3 amide bonds. The normalized spacial score (nSPS) is 15.4. The minimum atomic E-state index is -0.744. The van der Waals surface area contributed by atoms with Gasteiger partial charge in [0.25, 0.3) is 5.91 Å². The highest BCUT2D eigenvalue weighted by Gasteiger charge is 2.32.